The molecule has 0 saturated heterocycles. The first-order valence-electron chi connectivity index (χ1n) is 7.27. The molecule has 2 nitrogen and oxygen atoms in total. The number of hydrogen-bond donors (Lipinski definition) is 1. The smallest absolute Gasteiger partial charge is 0.00384 e. The fourth-order valence-electron chi connectivity index (χ4n) is 2.53. The van der Waals surface area contributed by atoms with Crippen molar-refractivity contribution in [3.63, 3.8) is 0 Å². The predicted molar refractivity (Wildman–Crippen MR) is 78.2 cm³/mol. The zero-order valence-corrected chi connectivity index (χ0v) is 12.9. The third-order valence-corrected chi connectivity index (χ3v) is 3.87. The summed E-state index contributed by atoms with van der Waals surface area (Å²) in [4.78, 5) is 2.54. The Morgan fingerprint density at radius 3 is 2.06 bits per heavy atom. The molecular formula is C15H34N2. The average Bonchev–Trinajstić information content (AvgIpc) is 2.20. The molecule has 0 aliphatic carbocycles. The van der Waals surface area contributed by atoms with Crippen LogP contribution < -0.4 is 5.73 Å². The Bertz CT molecular complexity index is 182. The van der Waals surface area contributed by atoms with Crippen LogP contribution in [0, 0.1) is 11.3 Å². The van der Waals surface area contributed by atoms with Crippen molar-refractivity contribution in [3.8, 4) is 0 Å². The van der Waals surface area contributed by atoms with E-state index in [1.54, 1.807) is 0 Å². The SMILES string of the molecule is CCN(CCCC(CCN)C(C)(C)C)C(C)C. The molecule has 0 spiro atoms. The Kier molecular flexibility index (Phi) is 8.06. The molecule has 0 aliphatic rings. The predicted octanol–water partition coefficient (Wildman–Crippen LogP) is 3.51. The van der Waals surface area contributed by atoms with Crippen LogP contribution in [-0.2, 0) is 0 Å². The van der Waals surface area contributed by atoms with Gasteiger partial charge < -0.3 is 10.6 Å². The largest absolute Gasteiger partial charge is 0.330 e. The van der Waals surface area contributed by atoms with E-state index in [0.717, 1.165) is 25.4 Å². The number of nitrogens with two attached hydrogens (primary N) is 1. The number of hydrogen-bond acceptors (Lipinski definition) is 2. The van der Waals surface area contributed by atoms with Crippen molar-refractivity contribution in [2.24, 2.45) is 17.1 Å². The molecule has 1 unspecified atom stereocenters. The van der Waals surface area contributed by atoms with Gasteiger partial charge >= 0.3 is 0 Å². The summed E-state index contributed by atoms with van der Waals surface area (Å²) < 4.78 is 0. The van der Waals surface area contributed by atoms with Crippen LogP contribution in [0.1, 0.15) is 60.8 Å². The molecule has 0 fully saturated rings. The lowest BCUT2D eigenvalue weighted by Crippen LogP contribution is -2.32. The fraction of sp³-hybridized carbons (Fsp3) is 1.00. The van der Waals surface area contributed by atoms with Gasteiger partial charge in [0.05, 0.1) is 0 Å². The second kappa shape index (κ2) is 8.10. The summed E-state index contributed by atoms with van der Waals surface area (Å²) in [6, 6.07) is 0.669. The highest BCUT2D eigenvalue weighted by Crippen LogP contribution is 2.32. The summed E-state index contributed by atoms with van der Waals surface area (Å²) in [6.45, 7) is 17.0. The third-order valence-electron chi connectivity index (χ3n) is 3.87. The maximum atomic E-state index is 5.72. The second-order valence-electron chi connectivity index (χ2n) is 6.50. The molecule has 0 radical (unpaired) electrons. The van der Waals surface area contributed by atoms with Crippen molar-refractivity contribution in [3.05, 3.63) is 0 Å². The van der Waals surface area contributed by atoms with Crippen molar-refractivity contribution in [1.82, 2.24) is 4.90 Å². The molecule has 0 aliphatic heterocycles. The Morgan fingerprint density at radius 1 is 1.12 bits per heavy atom. The van der Waals surface area contributed by atoms with Crippen LogP contribution in [0.5, 0.6) is 0 Å². The fourth-order valence-corrected chi connectivity index (χ4v) is 2.53. The molecule has 0 heterocycles. The van der Waals surface area contributed by atoms with E-state index in [0.29, 0.717) is 11.5 Å². The molecule has 2 N–H and O–H groups in total. The first kappa shape index (κ1) is 16.9. The molecule has 0 aromatic heterocycles. The van der Waals surface area contributed by atoms with Gasteiger partial charge in [0.1, 0.15) is 0 Å². The van der Waals surface area contributed by atoms with E-state index < -0.39 is 0 Å². The lowest BCUT2D eigenvalue weighted by molar-refractivity contribution is 0.182. The van der Waals surface area contributed by atoms with Gasteiger partial charge in [-0.2, -0.15) is 0 Å². The summed E-state index contributed by atoms with van der Waals surface area (Å²) >= 11 is 0. The zero-order chi connectivity index (χ0) is 13.5. The van der Waals surface area contributed by atoms with Crippen molar-refractivity contribution >= 4 is 0 Å². The molecule has 0 saturated carbocycles. The Labute approximate surface area is 109 Å². The van der Waals surface area contributed by atoms with Crippen molar-refractivity contribution in [2.45, 2.75) is 66.8 Å². The van der Waals surface area contributed by atoms with Crippen LogP contribution in [0.15, 0.2) is 0 Å². The normalized spacial score (nSPS) is 14.6. The maximum absolute atomic E-state index is 5.72. The van der Waals surface area contributed by atoms with Crippen LogP contribution in [0.25, 0.3) is 0 Å². The van der Waals surface area contributed by atoms with Crippen molar-refractivity contribution in [1.29, 1.82) is 0 Å². The Hall–Kier alpha value is -0.0800. The van der Waals surface area contributed by atoms with Gasteiger partial charge in [0, 0.05) is 6.04 Å². The zero-order valence-electron chi connectivity index (χ0n) is 12.9. The molecule has 17 heavy (non-hydrogen) atoms. The van der Waals surface area contributed by atoms with Gasteiger partial charge in [0.2, 0.25) is 0 Å². The first-order chi connectivity index (χ1) is 7.82. The minimum Gasteiger partial charge on any atom is -0.330 e. The van der Waals surface area contributed by atoms with Crippen molar-refractivity contribution in [2.75, 3.05) is 19.6 Å². The topological polar surface area (TPSA) is 29.3 Å². The molecule has 0 aromatic carbocycles. The highest BCUT2D eigenvalue weighted by Gasteiger charge is 2.23. The maximum Gasteiger partial charge on any atom is 0.00384 e. The van der Waals surface area contributed by atoms with E-state index >= 15 is 0 Å². The summed E-state index contributed by atoms with van der Waals surface area (Å²) in [6.07, 6.45) is 3.77. The van der Waals surface area contributed by atoms with Gasteiger partial charge in [-0.05, 0) is 64.1 Å². The molecule has 0 aromatic rings. The Morgan fingerprint density at radius 2 is 1.71 bits per heavy atom. The summed E-state index contributed by atoms with van der Waals surface area (Å²) in [5.74, 6) is 0.762. The first-order valence-corrected chi connectivity index (χ1v) is 7.27. The third kappa shape index (κ3) is 7.05. The standard InChI is InChI=1S/C15H34N2/c1-7-17(13(2)3)12-8-9-14(10-11-16)15(4,5)6/h13-14H,7-12,16H2,1-6H3. The number of nitrogens with zero attached hydrogens (tertiary/aromatic N) is 1. The minimum atomic E-state index is 0.397. The van der Waals surface area contributed by atoms with E-state index in [-0.39, 0.29) is 0 Å². The average molecular weight is 242 g/mol. The van der Waals surface area contributed by atoms with Crippen LogP contribution in [0.2, 0.25) is 0 Å². The van der Waals surface area contributed by atoms with E-state index in [1.807, 2.05) is 0 Å². The summed E-state index contributed by atoms with van der Waals surface area (Å²) in [7, 11) is 0. The van der Waals surface area contributed by atoms with E-state index in [4.69, 9.17) is 5.73 Å². The molecule has 0 bridgehead atoms. The molecule has 104 valence electrons. The quantitative estimate of drug-likeness (QED) is 0.706. The monoisotopic (exact) mass is 242 g/mol. The molecule has 0 rings (SSSR count). The minimum absolute atomic E-state index is 0.397. The molecule has 1 atom stereocenters. The van der Waals surface area contributed by atoms with Gasteiger partial charge in [-0.1, -0.05) is 27.7 Å². The van der Waals surface area contributed by atoms with Crippen LogP contribution in [0.3, 0.4) is 0 Å². The molecule has 0 amide bonds. The summed E-state index contributed by atoms with van der Waals surface area (Å²) in [5.41, 5.74) is 6.12. The van der Waals surface area contributed by atoms with E-state index in [1.165, 1.54) is 19.4 Å². The lowest BCUT2D eigenvalue weighted by atomic mass is 9.76. The van der Waals surface area contributed by atoms with Gasteiger partial charge in [-0.15, -0.1) is 0 Å². The second-order valence-corrected chi connectivity index (χ2v) is 6.50. The van der Waals surface area contributed by atoms with E-state index in [9.17, 15) is 0 Å². The van der Waals surface area contributed by atoms with E-state index in [2.05, 4.69) is 46.4 Å². The summed E-state index contributed by atoms with van der Waals surface area (Å²) in [5, 5.41) is 0. The van der Waals surface area contributed by atoms with Gasteiger partial charge in [-0.3, -0.25) is 0 Å². The highest BCUT2D eigenvalue weighted by molar-refractivity contribution is 4.75. The van der Waals surface area contributed by atoms with Gasteiger partial charge in [-0.25, -0.2) is 0 Å². The van der Waals surface area contributed by atoms with Crippen LogP contribution in [-0.4, -0.2) is 30.6 Å². The lowest BCUT2D eigenvalue weighted by Gasteiger charge is -2.32. The highest BCUT2D eigenvalue weighted by atomic mass is 15.1. The van der Waals surface area contributed by atoms with Gasteiger partial charge in [0.15, 0.2) is 0 Å². The molecule has 2 heteroatoms. The number of rotatable bonds is 8. The van der Waals surface area contributed by atoms with Gasteiger partial charge in [0.25, 0.3) is 0 Å². The van der Waals surface area contributed by atoms with Crippen LogP contribution >= 0.6 is 0 Å². The molecular weight excluding hydrogens is 208 g/mol. The van der Waals surface area contributed by atoms with Crippen LogP contribution in [0.4, 0.5) is 0 Å². The Balaban J connectivity index is 4.05. The van der Waals surface area contributed by atoms with Crippen molar-refractivity contribution < 1.29 is 0 Å².